The summed E-state index contributed by atoms with van der Waals surface area (Å²) in [6.45, 7) is 5.69. The van der Waals surface area contributed by atoms with Crippen molar-refractivity contribution in [1.29, 1.82) is 0 Å². The van der Waals surface area contributed by atoms with Crippen molar-refractivity contribution in [3.63, 3.8) is 0 Å². The fraction of sp³-hybridized carbons (Fsp3) is 0.818. The number of hydrogen-bond acceptors (Lipinski definition) is 4. The highest BCUT2D eigenvalue weighted by atomic mass is 16.6. The standard InChI is InChI=1S/C11H20N4O4/c1-11(2,3)19-10(18)13-7-5-4-6-8(9(16)17)14-15-12/h8H,4-7H2,1-3H3,(H,13,18)(H,16,17). The average Bonchev–Trinajstić information content (AvgIpc) is 2.24. The SMILES string of the molecule is CC(C)(C)OC(=O)NCCCCC(N=[N+]=[N-])C(=O)O. The quantitative estimate of drug-likeness (QED) is 0.319. The van der Waals surface area contributed by atoms with Gasteiger partial charge < -0.3 is 15.2 Å². The number of carboxylic acid groups (broad SMARTS) is 1. The summed E-state index contributed by atoms with van der Waals surface area (Å²) in [5.41, 5.74) is 7.65. The maximum atomic E-state index is 11.3. The molecule has 0 spiro atoms. The average molecular weight is 272 g/mol. The van der Waals surface area contributed by atoms with Gasteiger partial charge in [0.25, 0.3) is 0 Å². The van der Waals surface area contributed by atoms with Crippen molar-refractivity contribution in [3.05, 3.63) is 10.4 Å². The van der Waals surface area contributed by atoms with E-state index in [1.807, 2.05) is 0 Å². The zero-order valence-electron chi connectivity index (χ0n) is 11.4. The predicted octanol–water partition coefficient (Wildman–Crippen LogP) is 2.44. The van der Waals surface area contributed by atoms with E-state index in [-0.39, 0.29) is 6.42 Å². The third-order valence-electron chi connectivity index (χ3n) is 2.05. The van der Waals surface area contributed by atoms with Crippen LogP contribution in [0.2, 0.25) is 0 Å². The number of carbonyl (C=O) groups is 2. The topological polar surface area (TPSA) is 124 Å². The molecule has 0 saturated carbocycles. The molecule has 1 atom stereocenters. The van der Waals surface area contributed by atoms with Crippen LogP contribution in [0.5, 0.6) is 0 Å². The van der Waals surface area contributed by atoms with Crippen LogP contribution in [-0.2, 0) is 9.53 Å². The molecule has 0 rings (SSSR count). The first-order chi connectivity index (χ1) is 8.76. The number of rotatable bonds is 7. The maximum absolute atomic E-state index is 11.3. The summed E-state index contributed by atoms with van der Waals surface area (Å²) in [5.74, 6) is -1.14. The van der Waals surface area contributed by atoms with E-state index in [4.69, 9.17) is 15.4 Å². The minimum absolute atomic E-state index is 0.245. The van der Waals surface area contributed by atoms with Gasteiger partial charge in [-0.2, -0.15) is 0 Å². The van der Waals surface area contributed by atoms with Gasteiger partial charge in [-0.15, -0.1) is 0 Å². The van der Waals surface area contributed by atoms with E-state index >= 15 is 0 Å². The van der Waals surface area contributed by atoms with E-state index in [9.17, 15) is 9.59 Å². The molecule has 108 valence electrons. The molecule has 8 heteroatoms. The van der Waals surface area contributed by atoms with Crippen molar-refractivity contribution in [3.8, 4) is 0 Å². The smallest absolute Gasteiger partial charge is 0.407 e. The predicted molar refractivity (Wildman–Crippen MR) is 68.7 cm³/mol. The van der Waals surface area contributed by atoms with Crippen molar-refractivity contribution < 1.29 is 19.4 Å². The molecule has 0 bridgehead atoms. The number of alkyl carbamates (subject to hydrolysis) is 1. The minimum atomic E-state index is -1.14. The van der Waals surface area contributed by atoms with E-state index in [0.717, 1.165) is 0 Å². The molecule has 1 unspecified atom stereocenters. The van der Waals surface area contributed by atoms with Gasteiger partial charge in [0.2, 0.25) is 0 Å². The highest BCUT2D eigenvalue weighted by Crippen LogP contribution is 2.07. The van der Waals surface area contributed by atoms with Crippen molar-refractivity contribution in [2.45, 2.75) is 51.7 Å². The Hall–Kier alpha value is -1.95. The Balaban J connectivity index is 3.78. The molecular weight excluding hydrogens is 252 g/mol. The molecule has 0 aromatic rings. The van der Waals surface area contributed by atoms with Gasteiger partial charge in [-0.25, -0.2) is 4.79 Å². The molecule has 0 radical (unpaired) electrons. The van der Waals surface area contributed by atoms with Crippen LogP contribution in [0.4, 0.5) is 4.79 Å². The van der Waals surface area contributed by atoms with Crippen molar-refractivity contribution in [2.24, 2.45) is 5.11 Å². The largest absolute Gasteiger partial charge is 0.481 e. The van der Waals surface area contributed by atoms with Gasteiger partial charge >= 0.3 is 12.1 Å². The number of carboxylic acids is 1. The van der Waals surface area contributed by atoms with E-state index < -0.39 is 23.7 Å². The summed E-state index contributed by atoms with van der Waals surface area (Å²) >= 11 is 0. The molecular formula is C11H20N4O4. The molecule has 0 aliphatic rings. The monoisotopic (exact) mass is 272 g/mol. The summed E-state index contributed by atoms with van der Waals surface area (Å²) in [5, 5.41) is 14.5. The highest BCUT2D eigenvalue weighted by molar-refractivity contribution is 5.73. The Morgan fingerprint density at radius 2 is 2.05 bits per heavy atom. The van der Waals surface area contributed by atoms with Crippen LogP contribution in [0.25, 0.3) is 10.4 Å². The van der Waals surface area contributed by atoms with Crippen LogP contribution in [0.1, 0.15) is 40.0 Å². The van der Waals surface area contributed by atoms with Crippen LogP contribution in [0.15, 0.2) is 5.11 Å². The highest BCUT2D eigenvalue weighted by Gasteiger charge is 2.16. The molecule has 0 aliphatic heterocycles. The number of ether oxygens (including phenoxy) is 1. The first kappa shape index (κ1) is 17.1. The van der Waals surface area contributed by atoms with E-state index in [2.05, 4.69) is 15.3 Å². The third kappa shape index (κ3) is 9.72. The molecule has 1 amide bonds. The first-order valence-electron chi connectivity index (χ1n) is 6.00. The van der Waals surface area contributed by atoms with Gasteiger partial charge in [-0.05, 0) is 39.1 Å². The lowest BCUT2D eigenvalue weighted by molar-refractivity contribution is -0.138. The number of nitrogens with zero attached hydrogens (tertiary/aromatic N) is 3. The second-order valence-electron chi connectivity index (χ2n) is 4.98. The summed E-state index contributed by atoms with van der Waals surface area (Å²) in [6, 6.07) is -1.05. The molecule has 0 heterocycles. The van der Waals surface area contributed by atoms with Crippen molar-refractivity contribution in [2.75, 3.05) is 6.54 Å². The summed E-state index contributed by atoms with van der Waals surface area (Å²) < 4.78 is 5.03. The van der Waals surface area contributed by atoms with Gasteiger partial charge in [0.05, 0.1) is 0 Å². The summed E-state index contributed by atoms with van der Waals surface area (Å²) in [6.07, 6.45) is 0.864. The number of amides is 1. The van der Waals surface area contributed by atoms with Gasteiger partial charge in [-0.1, -0.05) is 11.5 Å². The number of unbranched alkanes of at least 4 members (excludes halogenated alkanes) is 1. The molecule has 0 fully saturated rings. The Labute approximate surface area is 111 Å². The first-order valence-corrected chi connectivity index (χ1v) is 6.00. The lowest BCUT2D eigenvalue weighted by Gasteiger charge is -2.19. The van der Waals surface area contributed by atoms with Crippen LogP contribution < -0.4 is 5.32 Å². The van der Waals surface area contributed by atoms with Gasteiger partial charge in [-0.3, -0.25) is 4.79 Å². The van der Waals surface area contributed by atoms with Crippen LogP contribution in [0.3, 0.4) is 0 Å². The Morgan fingerprint density at radius 3 is 2.53 bits per heavy atom. The zero-order valence-corrected chi connectivity index (χ0v) is 11.4. The fourth-order valence-electron chi connectivity index (χ4n) is 1.26. The van der Waals surface area contributed by atoms with Crippen molar-refractivity contribution >= 4 is 12.1 Å². The normalized spacial score (nSPS) is 12.2. The van der Waals surface area contributed by atoms with E-state index in [1.54, 1.807) is 20.8 Å². The number of hydrogen-bond donors (Lipinski definition) is 2. The zero-order chi connectivity index (χ0) is 14.9. The third-order valence-corrected chi connectivity index (χ3v) is 2.05. The van der Waals surface area contributed by atoms with Gasteiger partial charge in [0, 0.05) is 11.5 Å². The fourth-order valence-corrected chi connectivity index (χ4v) is 1.26. The number of aliphatic carboxylic acids is 1. The second-order valence-corrected chi connectivity index (χ2v) is 4.98. The molecule has 2 N–H and O–H groups in total. The number of nitrogens with one attached hydrogen (secondary N) is 1. The Kier molecular flexibility index (Phi) is 7.36. The number of azide groups is 1. The van der Waals surface area contributed by atoms with E-state index in [0.29, 0.717) is 19.4 Å². The van der Waals surface area contributed by atoms with Crippen molar-refractivity contribution in [1.82, 2.24) is 5.32 Å². The molecule has 19 heavy (non-hydrogen) atoms. The molecule has 0 aromatic heterocycles. The van der Waals surface area contributed by atoms with Crippen LogP contribution >= 0.6 is 0 Å². The Morgan fingerprint density at radius 1 is 1.42 bits per heavy atom. The van der Waals surface area contributed by atoms with Crippen LogP contribution in [-0.4, -0.2) is 35.4 Å². The Bertz CT molecular complexity index is 356. The van der Waals surface area contributed by atoms with E-state index in [1.165, 1.54) is 0 Å². The second kappa shape index (κ2) is 8.20. The van der Waals surface area contributed by atoms with Gasteiger partial charge in [0.1, 0.15) is 11.6 Å². The summed E-state index contributed by atoms with van der Waals surface area (Å²) in [4.78, 5) is 24.4. The molecule has 0 saturated heterocycles. The van der Waals surface area contributed by atoms with Gasteiger partial charge in [0.15, 0.2) is 0 Å². The lowest BCUT2D eigenvalue weighted by atomic mass is 10.1. The molecule has 8 nitrogen and oxygen atoms in total. The minimum Gasteiger partial charge on any atom is -0.481 e. The maximum Gasteiger partial charge on any atom is 0.407 e. The molecule has 0 aliphatic carbocycles. The lowest BCUT2D eigenvalue weighted by Crippen LogP contribution is -2.33. The summed E-state index contributed by atoms with van der Waals surface area (Å²) in [7, 11) is 0. The molecule has 0 aromatic carbocycles. The number of carbonyl (C=O) groups excluding carboxylic acids is 1. The van der Waals surface area contributed by atoms with Crippen LogP contribution in [0, 0.1) is 0 Å².